The van der Waals surface area contributed by atoms with Crippen LogP contribution >= 0.6 is 0 Å². The number of methoxy groups -OCH3 is 2. The Morgan fingerprint density at radius 1 is 1.00 bits per heavy atom. The highest BCUT2D eigenvalue weighted by Crippen LogP contribution is 2.26. The Balaban J connectivity index is 1.51. The molecule has 4 rings (SSSR count). The number of amides is 1. The van der Waals surface area contributed by atoms with E-state index < -0.39 is 0 Å². The number of carbonyl (C=O) groups excluding carboxylic acids is 1. The number of nitrogens with one attached hydrogen (secondary N) is 1. The standard InChI is InChI=1S/C20H22N6O4/c1-28-15-7-14(8-16(9-15)29-2)24-20(27)17-11-26(13-23-17)19-10-18(21-12-22-19)25-3-5-30-6-4-25/h7-13H,3-6H2,1-2H3,(H,24,27). The van der Waals surface area contributed by atoms with Crippen LogP contribution in [0.1, 0.15) is 10.5 Å². The van der Waals surface area contributed by atoms with E-state index in [9.17, 15) is 4.79 Å². The molecule has 1 aliphatic heterocycles. The number of nitrogens with zero attached hydrogens (tertiary/aromatic N) is 5. The molecule has 2 aromatic heterocycles. The quantitative estimate of drug-likeness (QED) is 0.656. The zero-order valence-electron chi connectivity index (χ0n) is 16.7. The molecule has 1 amide bonds. The molecule has 1 aromatic carbocycles. The largest absolute Gasteiger partial charge is 0.497 e. The minimum absolute atomic E-state index is 0.253. The Hall–Kier alpha value is -3.66. The molecule has 1 saturated heterocycles. The van der Waals surface area contributed by atoms with Crippen molar-refractivity contribution in [1.29, 1.82) is 0 Å². The number of rotatable bonds is 6. The topological polar surface area (TPSA) is 104 Å². The van der Waals surface area contributed by atoms with Gasteiger partial charge in [0.1, 0.15) is 41.5 Å². The fourth-order valence-electron chi connectivity index (χ4n) is 3.08. The summed E-state index contributed by atoms with van der Waals surface area (Å²) in [6.07, 6.45) is 4.67. The molecule has 10 nitrogen and oxygen atoms in total. The van der Waals surface area contributed by atoms with Crippen molar-refractivity contribution in [2.45, 2.75) is 0 Å². The molecular weight excluding hydrogens is 388 g/mol. The highest BCUT2D eigenvalue weighted by atomic mass is 16.5. The van der Waals surface area contributed by atoms with E-state index >= 15 is 0 Å². The first kappa shape index (κ1) is 19.6. The summed E-state index contributed by atoms with van der Waals surface area (Å²) >= 11 is 0. The van der Waals surface area contributed by atoms with Crippen LogP contribution in [0.3, 0.4) is 0 Å². The van der Waals surface area contributed by atoms with Crippen molar-refractivity contribution in [3.05, 3.63) is 48.8 Å². The number of anilines is 2. The number of hydrogen-bond donors (Lipinski definition) is 1. The second-order valence-electron chi connectivity index (χ2n) is 6.56. The number of aromatic nitrogens is 4. The fraction of sp³-hybridized carbons (Fsp3) is 0.300. The van der Waals surface area contributed by atoms with E-state index in [1.54, 1.807) is 49.5 Å². The smallest absolute Gasteiger partial charge is 0.275 e. The zero-order valence-corrected chi connectivity index (χ0v) is 16.7. The average molecular weight is 410 g/mol. The highest BCUT2D eigenvalue weighted by Gasteiger charge is 2.15. The molecule has 1 N–H and O–H groups in total. The van der Waals surface area contributed by atoms with Gasteiger partial charge in [-0.2, -0.15) is 0 Å². The average Bonchev–Trinajstić information content (AvgIpc) is 3.30. The lowest BCUT2D eigenvalue weighted by molar-refractivity contribution is 0.102. The van der Waals surface area contributed by atoms with E-state index in [0.29, 0.717) is 36.2 Å². The molecule has 3 aromatic rings. The molecule has 1 aliphatic rings. The van der Waals surface area contributed by atoms with Gasteiger partial charge in [0.15, 0.2) is 0 Å². The van der Waals surface area contributed by atoms with Crippen LogP contribution in [0, 0.1) is 0 Å². The van der Waals surface area contributed by atoms with Gasteiger partial charge >= 0.3 is 0 Å². The van der Waals surface area contributed by atoms with Crippen LogP contribution < -0.4 is 19.7 Å². The molecule has 0 radical (unpaired) electrons. The Bertz CT molecular complexity index is 1010. The van der Waals surface area contributed by atoms with Crippen molar-refractivity contribution < 1.29 is 19.0 Å². The second-order valence-corrected chi connectivity index (χ2v) is 6.56. The normalized spacial score (nSPS) is 13.7. The number of carbonyl (C=O) groups is 1. The lowest BCUT2D eigenvalue weighted by Crippen LogP contribution is -2.36. The third-order valence-electron chi connectivity index (χ3n) is 4.66. The van der Waals surface area contributed by atoms with Gasteiger partial charge in [-0.25, -0.2) is 15.0 Å². The summed E-state index contributed by atoms with van der Waals surface area (Å²) < 4.78 is 17.5. The fourth-order valence-corrected chi connectivity index (χ4v) is 3.08. The monoisotopic (exact) mass is 410 g/mol. The molecule has 0 atom stereocenters. The third kappa shape index (κ3) is 4.33. The zero-order chi connectivity index (χ0) is 20.9. The molecule has 0 unspecified atom stereocenters. The van der Waals surface area contributed by atoms with E-state index in [-0.39, 0.29) is 11.6 Å². The van der Waals surface area contributed by atoms with Crippen LogP contribution in [0.4, 0.5) is 11.5 Å². The summed E-state index contributed by atoms with van der Waals surface area (Å²) in [7, 11) is 3.10. The summed E-state index contributed by atoms with van der Waals surface area (Å²) in [5.41, 5.74) is 0.797. The van der Waals surface area contributed by atoms with Crippen molar-refractivity contribution in [3.63, 3.8) is 0 Å². The SMILES string of the molecule is COc1cc(NC(=O)c2cn(-c3cc(N4CCOCC4)ncn3)cn2)cc(OC)c1. The van der Waals surface area contributed by atoms with Gasteiger partial charge in [0.2, 0.25) is 0 Å². The van der Waals surface area contributed by atoms with Gasteiger partial charge in [-0.15, -0.1) is 0 Å². The van der Waals surface area contributed by atoms with Crippen molar-refractivity contribution in [1.82, 2.24) is 19.5 Å². The number of ether oxygens (including phenoxy) is 3. The van der Waals surface area contributed by atoms with Crippen LogP contribution in [-0.4, -0.2) is 65.9 Å². The maximum absolute atomic E-state index is 12.6. The van der Waals surface area contributed by atoms with Crippen LogP contribution in [0.2, 0.25) is 0 Å². The number of benzene rings is 1. The van der Waals surface area contributed by atoms with Crippen molar-refractivity contribution in [2.24, 2.45) is 0 Å². The number of morpholine rings is 1. The minimum Gasteiger partial charge on any atom is -0.497 e. The predicted octanol–water partition coefficient (Wildman–Crippen LogP) is 1.77. The lowest BCUT2D eigenvalue weighted by Gasteiger charge is -2.27. The lowest BCUT2D eigenvalue weighted by atomic mass is 10.2. The van der Waals surface area contributed by atoms with Gasteiger partial charge in [-0.1, -0.05) is 0 Å². The minimum atomic E-state index is -0.355. The van der Waals surface area contributed by atoms with Crippen molar-refractivity contribution in [3.8, 4) is 17.3 Å². The van der Waals surface area contributed by atoms with Crippen LogP contribution in [-0.2, 0) is 4.74 Å². The number of hydrogen-bond acceptors (Lipinski definition) is 8. The molecule has 0 aliphatic carbocycles. The van der Waals surface area contributed by atoms with Gasteiger partial charge in [0.05, 0.1) is 27.4 Å². The van der Waals surface area contributed by atoms with Gasteiger partial charge in [-0.05, 0) is 0 Å². The Labute approximate surface area is 173 Å². The predicted molar refractivity (Wildman–Crippen MR) is 110 cm³/mol. The molecule has 0 bridgehead atoms. The third-order valence-corrected chi connectivity index (χ3v) is 4.66. The molecule has 10 heteroatoms. The summed E-state index contributed by atoms with van der Waals surface area (Å²) in [5, 5.41) is 2.81. The summed E-state index contributed by atoms with van der Waals surface area (Å²) in [6.45, 7) is 2.89. The van der Waals surface area contributed by atoms with Crippen LogP contribution in [0.15, 0.2) is 43.1 Å². The molecular formula is C20H22N6O4. The Kier molecular flexibility index (Phi) is 5.75. The highest BCUT2D eigenvalue weighted by molar-refractivity contribution is 6.03. The summed E-state index contributed by atoms with van der Waals surface area (Å²) in [5.74, 6) is 2.23. The molecule has 156 valence electrons. The Morgan fingerprint density at radius 2 is 1.70 bits per heavy atom. The summed E-state index contributed by atoms with van der Waals surface area (Å²) in [4.78, 5) is 27.6. The van der Waals surface area contributed by atoms with Gasteiger partial charge < -0.3 is 24.4 Å². The molecule has 0 spiro atoms. The molecule has 30 heavy (non-hydrogen) atoms. The first-order chi connectivity index (χ1) is 14.7. The maximum Gasteiger partial charge on any atom is 0.275 e. The van der Waals surface area contributed by atoms with E-state index in [2.05, 4.69) is 25.2 Å². The van der Waals surface area contributed by atoms with E-state index in [1.807, 2.05) is 6.07 Å². The second kappa shape index (κ2) is 8.78. The first-order valence-electron chi connectivity index (χ1n) is 9.40. The molecule has 1 fully saturated rings. The van der Waals surface area contributed by atoms with Gasteiger partial charge in [0, 0.05) is 49.2 Å². The molecule has 3 heterocycles. The van der Waals surface area contributed by atoms with E-state index in [4.69, 9.17) is 14.2 Å². The van der Waals surface area contributed by atoms with Crippen LogP contribution in [0.25, 0.3) is 5.82 Å². The van der Waals surface area contributed by atoms with Gasteiger partial charge in [-0.3, -0.25) is 9.36 Å². The van der Waals surface area contributed by atoms with Crippen LogP contribution in [0.5, 0.6) is 11.5 Å². The maximum atomic E-state index is 12.6. The Morgan fingerprint density at radius 3 is 2.40 bits per heavy atom. The van der Waals surface area contributed by atoms with Gasteiger partial charge in [0.25, 0.3) is 5.91 Å². The van der Waals surface area contributed by atoms with Crippen molar-refractivity contribution in [2.75, 3.05) is 50.7 Å². The van der Waals surface area contributed by atoms with E-state index in [0.717, 1.165) is 18.9 Å². The number of imidazole rings is 1. The molecule has 0 saturated carbocycles. The summed E-state index contributed by atoms with van der Waals surface area (Å²) in [6, 6.07) is 7.00. The van der Waals surface area contributed by atoms with E-state index in [1.165, 1.54) is 6.33 Å². The van der Waals surface area contributed by atoms with Crippen molar-refractivity contribution >= 4 is 17.4 Å². The first-order valence-corrected chi connectivity index (χ1v) is 9.40.